The molecule has 0 spiro atoms. The van der Waals surface area contributed by atoms with E-state index in [1.54, 1.807) is 0 Å². The highest BCUT2D eigenvalue weighted by Gasteiger charge is 2.24. The molecule has 0 amide bonds. The molecule has 3 rings (SSSR count). The number of likely N-dealkylation sites (tertiary alicyclic amines) is 1. The van der Waals surface area contributed by atoms with E-state index in [-0.39, 0.29) is 0 Å². The van der Waals surface area contributed by atoms with Crippen molar-refractivity contribution in [2.24, 2.45) is 10.9 Å². The van der Waals surface area contributed by atoms with E-state index in [0.29, 0.717) is 25.2 Å². The van der Waals surface area contributed by atoms with Crippen molar-refractivity contribution in [2.45, 2.75) is 31.8 Å². The number of rotatable bonds is 7. The van der Waals surface area contributed by atoms with Crippen molar-refractivity contribution in [3.05, 3.63) is 35.9 Å². The average Bonchev–Trinajstić information content (AvgIpc) is 3.31. The van der Waals surface area contributed by atoms with E-state index in [1.165, 1.54) is 12.0 Å². The maximum Gasteiger partial charge on any atom is 0.193 e. The monoisotopic (exact) mass is 345 g/mol. The maximum absolute atomic E-state index is 5.71. The molecule has 2 aliphatic heterocycles. The smallest absolute Gasteiger partial charge is 0.193 e. The predicted molar refractivity (Wildman–Crippen MR) is 101 cm³/mol. The maximum atomic E-state index is 5.71. The molecule has 2 saturated heterocycles. The molecule has 0 saturated carbocycles. The first-order valence-electron chi connectivity index (χ1n) is 9.54. The van der Waals surface area contributed by atoms with E-state index in [4.69, 9.17) is 9.47 Å². The van der Waals surface area contributed by atoms with Crippen LogP contribution in [0.25, 0.3) is 0 Å². The summed E-state index contributed by atoms with van der Waals surface area (Å²) in [6.07, 6.45) is 4.98. The van der Waals surface area contributed by atoms with Crippen LogP contribution in [0, 0.1) is 5.92 Å². The summed E-state index contributed by atoms with van der Waals surface area (Å²) < 4.78 is 11.3. The Morgan fingerprint density at radius 1 is 1.32 bits per heavy atom. The summed E-state index contributed by atoms with van der Waals surface area (Å²) in [6.45, 7) is 5.24. The van der Waals surface area contributed by atoms with Gasteiger partial charge in [0.05, 0.1) is 19.3 Å². The van der Waals surface area contributed by atoms with E-state index in [2.05, 4.69) is 45.5 Å². The van der Waals surface area contributed by atoms with E-state index < -0.39 is 0 Å². The number of benzene rings is 1. The molecule has 5 heteroatoms. The number of hydrogen-bond donors (Lipinski definition) is 1. The first-order chi connectivity index (χ1) is 12.3. The highest BCUT2D eigenvalue weighted by molar-refractivity contribution is 5.80. The Labute approximate surface area is 151 Å². The van der Waals surface area contributed by atoms with Crippen molar-refractivity contribution in [1.82, 2.24) is 10.2 Å². The lowest BCUT2D eigenvalue weighted by Gasteiger charge is -2.22. The molecule has 2 fully saturated rings. The van der Waals surface area contributed by atoms with Gasteiger partial charge in [0.2, 0.25) is 0 Å². The molecule has 2 atom stereocenters. The number of nitrogens with zero attached hydrogens (tertiary/aromatic N) is 2. The van der Waals surface area contributed by atoms with Crippen molar-refractivity contribution in [3.8, 4) is 0 Å². The fourth-order valence-electron chi connectivity index (χ4n) is 3.70. The van der Waals surface area contributed by atoms with Gasteiger partial charge in [0.25, 0.3) is 0 Å². The molecule has 1 aromatic rings. The molecule has 1 aromatic carbocycles. The van der Waals surface area contributed by atoms with Gasteiger partial charge in [-0.2, -0.15) is 0 Å². The largest absolute Gasteiger partial charge is 0.377 e. The summed E-state index contributed by atoms with van der Waals surface area (Å²) in [4.78, 5) is 6.81. The van der Waals surface area contributed by atoms with E-state index in [9.17, 15) is 0 Å². The summed E-state index contributed by atoms with van der Waals surface area (Å²) in [7, 11) is 1.86. The molecule has 138 valence electrons. The first kappa shape index (κ1) is 18.2. The predicted octanol–water partition coefficient (Wildman–Crippen LogP) is 2.32. The van der Waals surface area contributed by atoms with Crippen LogP contribution in [0.4, 0.5) is 0 Å². The summed E-state index contributed by atoms with van der Waals surface area (Å²) in [5.41, 5.74) is 1.43. The van der Waals surface area contributed by atoms with Gasteiger partial charge in [-0.15, -0.1) is 0 Å². The lowest BCUT2D eigenvalue weighted by Crippen LogP contribution is -2.41. The van der Waals surface area contributed by atoms with Crippen LogP contribution in [0.1, 0.15) is 24.8 Å². The number of nitrogens with one attached hydrogen (secondary N) is 1. The van der Waals surface area contributed by atoms with Crippen molar-refractivity contribution < 1.29 is 9.47 Å². The molecule has 0 radical (unpaired) electrons. The molecular formula is C20H31N3O2. The molecule has 0 aliphatic carbocycles. The Morgan fingerprint density at radius 3 is 2.96 bits per heavy atom. The van der Waals surface area contributed by atoms with Crippen molar-refractivity contribution in [1.29, 1.82) is 0 Å². The van der Waals surface area contributed by atoms with E-state index in [1.807, 2.05) is 7.05 Å². The van der Waals surface area contributed by atoms with Gasteiger partial charge >= 0.3 is 0 Å². The van der Waals surface area contributed by atoms with Gasteiger partial charge < -0.3 is 19.7 Å². The molecule has 2 aliphatic rings. The Kier molecular flexibility index (Phi) is 7.12. The average molecular weight is 345 g/mol. The summed E-state index contributed by atoms with van der Waals surface area (Å²) in [5, 5.41) is 3.43. The van der Waals surface area contributed by atoms with E-state index in [0.717, 1.165) is 51.5 Å². The van der Waals surface area contributed by atoms with Gasteiger partial charge in [0.15, 0.2) is 5.96 Å². The van der Waals surface area contributed by atoms with Crippen LogP contribution in [0.15, 0.2) is 35.3 Å². The summed E-state index contributed by atoms with van der Waals surface area (Å²) in [5.74, 6) is 1.70. The van der Waals surface area contributed by atoms with Gasteiger partial charge in [-0.05, 0) is 37.2 Å². The third-order valence-corrected chi connectivity index (χ3v) is 5.02. The SMILES string of the molecule is CN=C(NCCOCC1CCCO1)N1CCC(Cc2ccccc2)C1. The highest BCUT2D eigenvalue weighted by Crippen LogP contribution is 2.20. The Bertz CT molecular complexity index is 529. The fraction of sp³-hybridized carbons (Fsp3) is 0.650. The molecule has 25 heavy (non-hydrogen) atoms. The van der Waals surface area contributed by atoms with E-state index >= 15 is 0 Å². The van der Waals surface area contributed by atoms with Crippen molar-refractivity contribution in [3.63, 3.8) is 0 Å². The van der Waals surface area contributed by atoms with Gasteiger partial charge in [-0.25, -0.2) is 0 Å². The molecule has 2 unspecified atom stereocenters. The van der Waals surface area contributed by atoms with Crippen LogP contribution >= 0.6 is 0 Å². The molecular weight excluding hydrogens is 314 g/mol. The quantitative estimate of drug-likeness (QED) is 0.468. The number of ether oxygens (including phenoxy) is 2. The molecule has 0 aromatic heterocycles. The topological polar surface area (TPSA) is 46.1 Å². The van der Waals surface area contributed by atoms with Crippen LogP contribution < -0.4 is 5.32 Å². The zero-order chi connectivity index (χ0) is 17.3. The van der Waals surface area contributed by atoms with Crippen molar-refractivity contribution in [2.75, 3.05) is 46.5 Å². The normalized spacial score (nSPS) is 24.0. The van der Waals surface area contributed by atoms with Crippen molar-refractivity contribution >= 4 is 5.96 Å². The van der Waals surface area contributed by atoms with Crippen LogP contribution in [-0.2, 0) is 15.9 Å². The third kappa shape index (κ3) is 5.72. The van der Waals surface area contributed by atoms with Gasteiger partial charge in [0.1, 0.15) is 0 Å². The first-order valence-corrected chi connectivity index (χ1v) is 9.54. The Hall–Kier alpha value is -1.59. The number of aliphatic imine (C=N–C) groups is 1. The zero-order valence-corrected chi connectivity index (χ0v) is 15.3. The highest BCUT2D eigenvalue weighted by atomic mass is 16.5. The third-order valence-electron chi connectivity index (χ3n) is 5.02. The standard InChI is InChI=1S/C20H31N3O2/c1-21-20(22-10-13-24-16-19-8-5-12-25-19)23-11-9-18(15-23)14-17-6-3-2-4-7-17/h2-4,6-7,18-19H,5,8-16H2,1H3,(H,21,22). The lowest BCUT2D eigenvalue weighted by molar-refractivity contribution is 0.0190. The lowest BCUT2D eigenvalue weighted by atomic mass is 9.99. The minimum absolute atomic E-state index is 0.302. The zero-order valence-electron chi connectivity index (χ0n) is 15.3. The molecule has 5 nitrogen and oxygen atoms in total. The van der Waals surface area contributed by atoms with Crippen LogP contribution in [0.5, 0.6) is 0 Å². The van der Waals surface area contributed by atoms with Gasteiger partial charge in [0, 0.05) is 33.3 Å². The second-order valence-electron chi connectivity index (χ2n) is 6.97. The number of guanidine groups is 1. The summed E-state index contributed by atoms with van der Waals surface area (Å²) in [6, 6.07) is 10.8. The van der Waals surface area contributed by atoms with Crippen LogP contribution in [0.2, 0.25) is 0 Å². The molecule has 0 bridgehead atoms. The minimum atomic E-state index is 0.302. The molecule has 1 N–H and O–H groups in total. The Balaban J connectivity index is 1.34. The number of hydrogen-bond acceptors (Lipinski definition) is 3. The minimum Gasteiger partial charge on any atom is -0.377 e. The van der Waals surface area contributed by atoms with Gasteiger partial charge in [-0.1, -0.05) is 30.3 Å². The van der Waals surface area contributed by atoms with Crippen LogP contribution in [-0.4, -0.2) is 63.5 Å². The second-order valence-corrected chi connectivity index (χ2v) is 6.97. The Morgan fingerprint density at radius 2 is 2.20 bits per heavy atom. The molecule has 2 heterocycles. The second kappa shape index (κ2) is 9.78. The van der Waals surface area contributed by atoms with Gasteiger partial charge in [-0.3, -0.25) is 4.99 Å². The summed E-state index contributed by atoms with van der Waals surface area (Å²) >= 11 is 0. The fourth-order valence-corrected chi connectivity index (χ4v) is 3.70. The van der Waals surface area contributed by atoms with Crippen LogP contribution in [0.3, 0.4) is 0 Å².